The number of anilines is 1. The van der Waals surface area contributed by atoms with Crippen molar-refractivity contribution in [1.82, 2.24) is 9.88 Å². The second-order valence-corrected chi connectivity index (χ2v) is 4.66. The van der Waals surface area contributed by atoms with Crippen LogP contribution in [0.5, 0.6) is 0 Å². The molecule has 1 aromatic carbocycles. The highest BCUT2D eigenvalue weighted by Gasteiger charge is 2.10. The molecule has 0 aliphatic carbocycles. The van der Waals surface area contributed by atoms with Crippen LogP contribution in [0.1, 0.15) is 20.8 Å². The molecule has 108 valence electrons. The Morgan fingerprint density at radius 1 is 1.10 bits per heavy atom. The fraction of sp³-hybridized carbons (Fsp3) is 0.133. The molecule has 2 amide bonds. The lowest BCUT2D eigenvalue weighted by Gasteiger charge is -2.11. The lowest BCUT2D eigenvalue weighted by Crippen LogP contribution is -2.22. The van der Waals surface area contributed by atoms with Gasteiger partial charge in [0, 0.05) is 31.4 Å². The highest BCUT2D eigenvalue weighted by Crippen LogP contribution is 2.12. The van der Waals surface area contributed by atoms with E-state index in [2.05, 4.69) is 10.3 Å². The molecule has 2 N–H and O–H groups in total. The predicted octanol–water partition coefficient (Wildman–Crippen LogP) is 1.33. The first-order valence-corrected chi connectivity index (χ1v) is 6.30. The highest BCUT2D eigenvalue weighted by molar-refractivity contribution is 6.03. The first kappa shape index (κ1) is 14.5. The fourth-order valence-electron chi connectivity index (χ4n) is 1.77. The van der Waals surface area contributed by atoms with Gasteiger partial charge in [-0.3, -0.25) is 14.4 Å². The smallest absolute Gasteiger partial charge is 0.272 e. The van der Waals surface area contributed by atoms with E-state index in [0.29, 0.717) is 11.3 Å². The summed E-state index contributed by atoms with van der Waals surface area (Å²) in [6, 6.07) is 10.9. The van der Waals surface area contributed by atoms with Gasteiger partial charge in [-0.25, -0.2) is 0 Å². The molecule has 0 saturated heterocycles. The number of amides is 2. The van der Waals surface area contributed by atoms with Crippen LogP contribution in [0.15, 0.2) is 47.3 Å². The van der Waals surface area contributed by atoms with Gasteiger partial charge in [0.15, 0.2) is 0 Å². The summed E-state index contributed by atoms with van der Waals surface area (Å²) in [5.41, 5.74) is 0.766. The monoisotopic (exact) mass is 285 g/mol. The first-order valence-electron chi connectivity index (χ1n) is 6.30. The number of pyridine rings is 1. The van der Waals surface area contributed by atoms with E-state index in [1.807, 2.05) is 0 Å². The van der Waals surface area contributed by atoms with Crippen LogP contribution in [0, 0.1) is 0 Å². The van der Waals surface area contributed by atoms with Gasteiger partial charge in [0.25, 0.3) is 11.8 Å². The second-order valence-electron chi connectivity index (χ2n) is 4.66. The zero-order valence-electron chi connectivity index (χ0n) is 11.7. The number of H-pyrrole nitrogens is 1. The van der Waals surface area contributed by atoms with Gasteiger partial charge < -0.3 is 15.2 Å². The van der Waals surface area contributed by atoms with E-state index in [0.717, 1.165) is 0 Å². The van der Waals surface area contributed by atoms with E-state index in [4.69, 9.17) is 0 Å². The van der Waals surface area contributed by atoms with E-state index in [9.17, 15) is 14.4 Å². The summed E-state index contributed by atoms with van der Waals surface area (Å²) in [6.07, 6.45) is 0. The normalized spacial score (nSPS) is 10.0. The topological polar surface area (TPSA) is 82.3 Å². The van der Waals surface area contributed by atoms with Gasteiger partial charge in [0.05, 0.1) is 0 Å². The number of rotatable bonds is 3. The van der Waals surface area contributed by atoms with E-state index < -0.39 is 5.91 Å². The van der Waals surface area contributed by atoms with Crippen molar-refractivity contribution < 1.29 is 9.59 Å². The molecule has 0 aliphatic heterocycles. The van der Waals surface area contributed by atoms with Gasteiger partial charge >= 0.3 is 0 Å². The van der Waals surface area contributed by atoms with Gasteiger partial charge in [0.2, 0.25) is 5.56 Å². The minimum atomic E-state index is -0.442. The number of aromatic nitrogens is 1. The summed E-state index contributed by atoms with van der Waals surface area (Å²) < 4.78 is 0. The summed E-state index contributed by atoms with van der Waals surface area (Å²) in [5, 5.41) is 2.64. The maximum atomic E-state index is 12.0. The third kappa shape index (κ3) is 3.56. The van der Waals surface area contributed by atoms with Crippen molar-refractivity contribution in [3.05, 3.63) is 64.1 Å². The van der Waals surface area contributed by atoms with Crippen LogP contribution in [-0.4, -0.2) is 35.8 Å². The Bertz CT molecular complexity index is 735. The molecule has 0 radical (unpaired) electrons. The fourth-order valence-corrected chi connectivity index (χ4v) is 1.77. The largest absolute Gasteiger partial charge is 0.345 e. The molecule has 0 fully saturated rings. The quantitative estimate of drug-likeness (QED) is 0.892. The number of aromatic amines is 1. The van der Waals surface area contributed by atoms with Gasteiger partial charge in [-0.15, -0.1) is 0 Å². The Balaban J connectivity index is 2.20. The molecule has 0 atom stereocenters. The molecule has 6 heteroatoms. The Labute approximate surface area is 121 Å². The number of carbonyl (C=O) groups is 2. The van der Waals surface area contributed by atoms with Crippen LogP contribution < -0.4 is 10.9 Å². The first-order chi connectivity index (χ1) is 9.97. The summed E-state index contributed by atoms with van der Waals surface area (Å²) in [4.78, 5) is 38.9. The number of hydrogen-bond acceptors (Lipinski definition) is 3. The van der Waals surface area contributed by atoms with Gasteiger partial charge in [-0.05, 0) is 24.3 Å². The SMILES string of the molecule is CN(C)C(=O)c1cccc(NC(=O)c2cccc(=O)[nH]2)c1. The number of benzene rings is 1. The summed E-state index contributed by atoms with van der Waals surface area (Å²) in [7, 11) is 3.31. The minimum absolute atomic E-state index is 0.154. The Kier molecular flexibility index (Phi) is 4.18. The van der Waals surface area contributed by atoms with Crippen molar-refractivity contribution in [2.75, 3.05) is 19.4 Å². The van der Waals surface area contributed by atoms with Crippen LogP contribution in [-0.2, 0) is 0 Å². The number of carbonyl (C=O) groups excluding carboxylic acids is 2. The second kappa shape index (κ2) is 6.04. The average Bonchev–Trinajstić information content (AvgIpc) is 2.46. The number of nitrogens with one attached hydrogen (secondary N) is 2. The zero-order valence-corrected chi connectivity index (χ0v) is 11.7. The maximum absolute atomic E-state index is 12.0. The Hall–Kier alpha value is -2.89. The van der Waals surface area contributed by atoms with Gasteiger partial charge in [-0.2, -0.15) is 0 Å². The molecule has 0 spiro atoms. The van der Waals surface area contributed by atoms with Crippen molar-refractivity contribution >= 4 is 17.5 Å². The number of nitrogens with zero attached hydrogens (tertiary/aromatic N) is 1. The maximum Gasteiger partial charge on any atom is 0.272 e. The van der Waals surface area contributed by atoms with Crippen LogP contribution in [0.2, 0.25) is 0 Å². The molecular formula is C15H15N3O3. The van der Waals surface area contributed by atoms with Crippen LogP contribution in [0.25, 0.3) is 0 Å². The molecule has 0 bridgehead atoms. The molecule has 0 aliphatic rings. The summed E-state index contributed by atoms with van der Waals surface area (Å²) in [5.74, 6) is -0.596. The van der Waals surface area contributed by atoms with Crippen molar-refractivity contribution in [3.8, 4) is 0 Å². The van der Waals surface area contributed by atoms with E-state index in [-0.39, 0.29) is 17.2 Å². The molecule has 21 heavy (non-hydrogen) atoms. The van der Waals surface area contributed by atoms with Gasteiger partial charge in [-0.1, -0.05) is 12.1 Å². The molecule has 1 aromatic heterocycles. The zero-order chi connectivity index (χ0) is 15.4. The Morgan fingerprint density at radius 3 is 2.48 bits per heavy atom. The van der Waals surface area contributed by atoms with Crippen LogP contribution in [0.3, 0.4) is 0 Å². The third-order valence-corrected chi connectivity index (χ3v) is 2.79. The molecule has 0 saturated carbocycles. The summed E-state index contributed by atoms with van der Waals surface area (Å²) in [6.45, 7) is 0. The standard InChI is InChI=1S/C15H15N3O3/c1-18(2)15(21)10-5-3-6-11(9-10)16-14(20)12-7-4-8-13(19)17-12/h3-9H,1-2H3,(H,16,20)(H,17,19). The molecular weight excluding hydrogens is 270 g/mol. The molecule has 2 rings (SSSR count). The van der Waals surface area contributed by atoms with E-state index in [1.165, 1.54) is 23.1 Å². The minimum Gasteiger partial charge on any atom is -0.345 e. The highest BCUT2D eigenvalue weighted by atomic mass is 16.2. The van der Waals surface area contributed by atoms with Crippen molar-refractivity contribution in [1.29, 1.82) is 0 Å². The molecule has 1 heterocycles. The molecule has 2 aromatic rings. The van der Waals surface area contributed by atoms with Crippen molar-refractivity contribution in [3.63, 3.8) is 0 Å². The lowest BCUT2D eigenvalue weighted by molar-refractivity contribution is 0.0827. The molecule has 6 nitrogen and oxygen atoms in total. The van der Waals surface area contributed by atoms with Crippen molar-refractivity contribution in [2.45, 2.75) is 0 Å². The van der Waals surface area contributed by atoms with E-state index >= 15 is 0 Å². The average molecular weight is 285 g/mol. The van der Waals surface area contributed by atoms with Gasteiger partial charge in [0.1, 0.15) is 5.69 Å². The van der Waals surface area contributed by atoms with Crippen LogP contribution in [0.4, 0.5) is 5.69 Å². The Morgan fingerprint density at radius 2 is 1.81 bits per heavy atom. The predicted molar refractivity (Wildman–Crippen MR) is 79.5 cm³/mol. The molecule has 0 unspecified atom stereocenters. The van der Waals surface area contributed by atoms with Crippen molar-refractivity contribution in [2.24, 2.45) is 0 Å². The third-order valence-electron chi connectivity index (χ3n) is 2.79. The lowest BCUT2D eigenvalue weighted by atomic mass is 10.2. The van der Waals surface area contributed by atoms with Crippen LogP contribution >= 0.6 is 0 Å². The number of hydrogen-bond donors (Lipinski definition) is 2. The van der Waals surface area contributed by atoms with E-state index in [1.54, 1.807) is 38.4 Å². The summed E-state index contributed by atoms with van der Waals surface area (Å²) >= 11 is 0.